The van der Waals surface area contributed by atoms with Crippen molar-refractivity contribution in [3.8, 4) is 0 Å². The van der Waals surface area contributed by atoms with Crippen LogP contribution in [0.1, 0.15) is 31.4 Å². The van der Waals surface area contributed by atoms with E-state index >= 15 is 0 Å². The molecule has 1 saturated heterocycles. The van der Waals surface area contributed by atoms with Crippen molar-refractivity contribution in [1.82, 2.24) is 0 Å². The molecule has 1 aliphatic heterocycles. The summed E-state index contributed by atoms with van der Waals surface area (Å²) in [6.45, 7) is 2.81. The SMILES string of the molecule is CC(Nc1ccc(NC(=O)C2CCCO2)cc1)c1ccccc1. The van der Waals surface area contributed by atoms with Crippen LogP contribution in [0.5, 0.6) is 0 Å². The van der Waals surface area contributed by atoms with Crippen LogP contribution in [-0.4, -0.2) is 18.6 Å². The van der Waals surface area contributed by atoms with Crippen molar-refractivity contribution in [3.05, 3.63) is 60.2 Å². The van der Waals surface area contributed by atoms with Gasteiger partial charge in [0.25, 0.3) is 5.91 Å². The number of rotatable bonds is 5. The smallest absolute Gasteiger partial charge is 0.253 e. The summed E-state index contributed by atoms with van der Waals surface area (Å²) in [5, 5.41) is 6.36. The number of anilines is 2. The maximum atomic E-state index is 12.0. The molecule has 0 bridgehead atoms. The Kier molecular flexibility index (Phi) is 4.93. The second kappa shape index (κ2) is 7.29. The molecule has 2 N–H and O–H groups in total. The number of carbonyl (C=O) groups is 1. The number of hydrogen-bond donors (Lipinski definition) is 2. The van der Waals surface area contributed by atoms with Gasteiger partial charge in [0.2, 0.25) is 0 Å². The van der Waals surface area contributed by atoms with E-state index in [4.69, 9.17) is 4.74 Å². The zero-order valence-electron chi connectivity index (χ0n) is 13.3. The van der Waals surface area contributed by atoms with E-state index in [2.05, 4.69) is 29.7 Å². The lowest BCUT2D eigenvalue weighted by Gasteiger charge is -2.16. The molecule has 1 fully saturated rings. The molecule has 0 saturated carbocycles. The van der Waals surface area contributed by atoms with E-state index in [-0.39, 0.29) is 18.1 Å². The third-order valence-electron chi connectivity index (χ3n) is 4.06. The fourth-order valence-electron chi connectivity index (χ4n) is 2.73. The molecule has 1 heterocycles. The fraction of sp³-hybridized carbons (Fsp3) is 0.316. The van der Waals surface area contributed by atoms with Gasteiger partial charge in [0.1, 0.15) is 6.10 Å². The van der Waals surface area contributed by atoms with E-state index in [1.54, 1.807) is 0 Å². The first-order valence-corrected chi connectivity index (χ1v) is 8.06. The van der Waals surface area contributed by atoms with E-state index in [0.29, 0.717) is 6.61 Å². The molecule has 0 radical (unpaired) electrons. The molecule has 2 unspecified atom stereocenters. The van der Waals surface area contributed by atoms with E-state index in [1.165, 1.54) is 5.56 Å². The van der Waals surface area contributed by atoms with Crippen molar-refractivity contribution in [1.29, 1.82) is 0 Å². The predicted octanol–water partition coefficient (Wildman–Crippen LogP) is 3.98. The zero-order chi connectivity index (χ0) is 16.1. The quantitative estimate of drug-likeness (QED) is 0.878. The fourth-order valence-corrected chi connectivity index (χ4v) is 2.73. The number of hydrogen-bond acceptors (Lipinski definition) is 3. The van der Waals surface area contributed by atoms with Crippen molar-refractivity contribution in [2.24, 2.45) is 0 Å². The molecule has 4 heteroatoms. The van der Waals surface area contributed by atoms with E-state index in [1.807, 2.05) is 42.5 Å². The average Bonchev–Trinajstić information content (AvgIpc) is 3.12. The Labute approximate surface area is 136 Å². The second-order valence-corrected chi connectivity index (χ2v) is 5.84. The normalized spacial score (nSPS) is 18.4. The summed E-state index contributed by atoms with van der Waals surface area (Å²) in [5.74, 6) is -0.0548. The Morgan fingerprint density at radius 2 is 1.78 bits per heavy atom. The maximum absolute atomic E-state index is 12.0. The van der Waals surface area contributed by atoms with Crippen molar-refractivity contribution < 1.29 is 9.53 Å². The first-order chi connectivity index (χ1) is 11.2. The summed E-state index contributed by atoms with van der Waals surface area (Å²) in [6, 6.07) is 18.3. The Morgan fingerprint density at radius 1 is 1.09 bits per heavy atom. The molecule has 0 aliphatic carbocycles. The number of amides is 1. The first-order valence-electron chi connectivity index (χ1n) is 8.06. The third-order valence-corrected chi connectivity index (χ3v) is 4.06. The van der Waals surface area contributed by atoms with Gasteiger partial charge in [-0.1, -0.05) is 30.3 Å². The van der Waals surface area contributed by atoms with Gasteiger partial charge >= 0.3 is 0 Å². The lowest BCUT2D eigenvalue weighted by molar-refractivity contribution is -0.124. The van der Waals surface area contributed by atoms with Crippen LogP contribution in [0.4, 0.5) is 11.4 Å². The van der Waals surface area contributed by atoms with E-state index in [0.717, 1.165) is 24.2 Å². The predicted molar refractivity (Wildman–Crippen MR) is 92.5 cm³/mol. The Hall–Kier alpha value is -2.33. The Balaban J connectivity index is 1.57. The molecule has 23 heavy (non-hydrogen) atoms. The van der Waals surface area contributed by atoms with Gasteiger partial charge in [-0.25, -0.2) is 0 Å². The number of nitrogens with one attached hydrogen (secondary N) is 2. The molecular formula is C19H22N2O2. The molecule has 2 atom stereocenters. The standard InChI is InChI=1S/C19H22N2O2/c1-14(15-6-3-2-4-7-15)20-16-9-11-17(12-10-16)21-19(22)18-8-5-13-23-18/h2-4,6-7,9-12,14,18,20H,5,8,13H2,1H3,(H,21,22). The summed E-state index contributed by atoms with van der Waals surface area (Å²) in [4.78, 5) is 12.0. The number of ether oxygens (including phenoxy) is 1. The van der Waals surface area contributed by atoms with Crippen LogP contribution < -0.4 is 10.6 Å². The molecule has 120 valence electrons. The van der Waals surface area contributed by atoms with E-state index in [9.17, 15) is 4.79 Å². The van der Waals surface area contributed by atoms with Crippen molar-refractivity contribution >= 4 is 17.3 Å². The highest BCUT2D eigenvalue weighted by molar-refractivity contribution is 5.94. The number of carbonyl (C=O) groups excluding carboxylic acids is 1. The highest BCUT2D eigenvalue weighted by Gasteiger charge is 2.23. The zero-order valence-corrected chi connectivity index (χ0v) is 13.3. The highest BCUT2D eigenvalue weighted by atomic mass is 16.5. The maximum Gasteiger partial charge on any atom is 0.253 e. The summed E-state index contributed by atoms with van der Waals surface area (Å²) in [6.07, 6.45) is 1.46. The molecule has 2 aromatic rings. The molecule has 0 aromatic heterocycles. The minimum absolute atomic E-state index is 0.0548. The molecule has 0 spiro atoms. The monoisotopic (exact) mass is 310 g/mol. The van der Waals surface area contributed by atoms with E-state index < -0.39 is 0 Å². The largest absolute Gasteiger partial charge is 0.379 e. The molecule has 1 aliphatic rings. The summed E-state index contributed by atoms with van der Waals surface area (Å²) >= 11 is 0. The topological polar surface area (TPSA) is 50.4 Å². The van der Waals surface area contributed by atoms with Gasteiger partial charge in [0, 0.05) is 24.0 Å². The summed E-state index contributed by atoms with van der Waals surface area (Å²) in [5.41, 5.74) is 3.06. The number of benzene rings is 2. The molecule has 3 rings (SSSR count). The first kappa shape index (κ1) is 15.6. The molecule has 1 amide bonds. The molecular weight excluding hydrogens is 288 g/mol. The van der Waals surface area contributed by atoms with Gasteiger partial charge < -0.3 is 15.4 Å². The van der Waals surface area contributed by atoms with Gasteiger partial charge in [0.15, 0.2) is 0 Å². The van der Waals surface area contributed by atoms with Gasteiger partial charge in [-0.15, -0.1) is 0 Å². The van der Waals surface area contributed by atoms with Crippen LogP contribution in [-0.2, 0) is 9.53 Å². The minimum Gasteiger partial charge on any atom is -0.379 e. The van der Waals surface area contributed by atoms with Crippen LogP contribution >= 0.6 is 0 Å². The molecule has 2 aromatic carbocycles. The average molecular weight is 310 g/mol. The third kappa shape index (κ3) is 4.11. The van der Waals surface area contributed by atoms with Gasteiger partial charge in [0.05, 0.1) is 0 Å². The molecule has 4 nitrogen and oxygen atoms in total. The van der Waals surface area contributed by atoms with Crippen LogP contribution in [0.15, 0.2) is 54.6 Å². The minimum atomic E-state index is -0.300. The van der Waals surface area contributed by atoms with Gasteiger partial charge in [-0.2, -0.15) is 0 Å². The van der Waals surface area contributed by atoms with Gasteiger partial charge in [-0.3, -0.25) is 4.79 Å². The van der Waals surface area contributed by atoms with Crippen molar-refractivity contribution in [3.63, 3.8) is 0 Å². The highest BCUT2D eigenvalue weighted by Crippen LogP contribution is 2.21. The van der Waals surface area contributed by atoms with Gasteiger partial charge in [-0.05, 0) is 49.6 Å². The lowest BCUT2D eigenvalue weighted by Crippen LogP contribution is -2.26. The van der Waals surface area contributed by atoms with Crippen LogP contribution in [0, 0.1) is 0 Å². The van der Waals surface area contributed by atoms with Crippen molar-refractivity contribution in [2.45, 2.75) is 31.9 Å². The summed E-state index contributed by atoms with van der Waals surface area (Å²) in [7, 11) is 0. The Bertz CT molecular complexity index is 634. The summed E-state index contributed by atoms with van der Waals surface area (Å²) < 4.78 is 5.39. The lowest BCUT2D eigenvalue weighted by atomic mass is 10.1. The van der Waals surface area contributed by atoms with Crippen LogP contribution in [0.3, 0.4) is 0 Å². The van der Waals surface area contributed by atoms with Crippen molar-refractivity contribution in [2.75, 3.05) is 17.2 Å². The van der Waals surface area contributed by atoms with Crippen LogP contribution in [0.25, 0.3) is 0 Å². The second-order valence-electron chi connectivity index (χ2n) is 5.84. The Morgan fingerprint density at radius 3 is 2.43 bits per heavy atom. The van der Waals surface area contributed by atoms with Crippen LogP contribution in [0.2, 0.25) is 0 Å².